The summed E-state index contributed by atoms with van der Waals surface area (Å²) in [6.07, 6.45) is 4.88. The molecule has 1 aromatic rings. The van der Waals surface area contributed by atoms with Crippen LogP contribution in [0.5, 0.6) is 0 Å². The quantitative estimate of drug-likeness (QED) is 0.901. The molecule has 1 aliphatic carbocycles. The minimum absolute atomic E-state index is 0.439. The first-order valence-corrected chi connectivity index (χ1v) is 7.98. The van der Waals surface area contributed by atoms with Crippen LogP contribution >= 0.6 is 11.3 Å². The second kappa shape index (κ2) is 6.18. The topological polar surface area (TPSA) is 29.3 Å². The van der Waals surface area contributed by atoms with Gasteiger partial charge in [-0.05, 0) is 50.1 Å². The van der Waals surface area contributed by atoms with Gasteiger partial charge in [0.15, 0.2) is 0 Å². The van der Waals surface area contributed by atoms with Crippen molar-refractivity contribution in [2.75, 3.05) is 7.05 Å². The first-order valence-electron chi connectivity index (χ1n) is 7.10. The van der Waals surface area contributed by atoms with E-state index in [-0.39, 0.29) is 0 Å². The summed E-state index contributed by atoms with van der Waals surface area (Å²) < 4.78 is 0. The van der Waals surface area contributed by atoms with Crippen molar-refractivity contribution in [1.82, 2.24) is 4.90 Å². The molecule has 1 unspecified atom stereocenters. The van der Waals surface area contributed by atoms with Crippen LogP contribution < -0.4 is 5.73 Å². The fourth-order valence-electron chi connectivity index (χ4n) is 3.20. The summed E-state index contributed by atoms with van der Waals surface area (Å²) in [5.74, 6) is 0.657. The zero-order valence-electron chi connectivity index (χ0n) is 11.8. The van der Waals surface area contributed by atoms with Crippen molar-refractivity contribution in [3.05, 3.63) is 22.4 Å². The molecular weight excluding hydrogens is 240 g/mol. The third-order valence-electron chi connectivity index (χ3n) is 4.22. The van der Waals surface area contributed by atoms with Crippen molar-refractivity contribution in [1.29, 1.82) is 0 Å². The fraction of sp³-hybridized carbons (Fsp3) is 0.733. The molecule has 0 saturated heterocycles. The molecule has 2 rings (SSSR count). The van der Waals surface area contributed by atoms with Gasteiger partial charge in [0.2, 0.25) is 0 Å². The Morgan fingerprint density at radius 1 is 1.28 bits per heavy atom. The van der Waals surface area contributed by atoms with Gasteiger partial charge >= 0.3 is 0 Å². The SMILES string of the molecule is CC(C)C(c1cccs1)N(C)C1CCC(N)CC1. The highest BCUT2D eigenvalue weighted by Crippen LogP contribution is 2.35. The average molecular weight is 266 g/mol. The summed E-state index contributed by atoms with van der Waals surface area (Å²) in [6, 6.07) is 6.15. The molecule has 1 saturated carbocycles. The third-order valence-corrected chi connectivity index (χ3v) is 5.17. The van der Waals surface area contributed by atoms with E-state index in [0.29, 0.717) is 24.0 Å². The first kappa shape index (κ1) is 14.0. The molecule has 2 N–H and O–H groups in total. The first-order chi connectivity index (χ1) is 8.59. The number of hydrogen-bond acceptors (Lipinski definition) is 3. The van der Waals surface area contributed by atoms with Crippen LogP contribution in [0.4, 0.5) is 0 Å². The second-order valence-electron chi connectivity index (χ2n) is 5.94. The summed E-state index contributed by atoms with van der Waals surface area (Å²) >= 11 is 1.89. The third kappa shape index (κ3) is 3.14. The standard InChI is InChI=1S/C15H26N2S/c1-11(2)15(14-5-4-10-18-14)17(3)13-8-6-12(16)7-9-13/h4-5,10-13,15H,6-9,16H2,1-3H3. The lowest BCUT2D eigenvalue weighted by Crippen LogP contribution is -2.41. The highest BCUT2D eigenvalue weighted by molar-refractivity contribution is 7.10. The fourth-order valence-corrected chi connectivity index (χ4v) is 4.24. The molecule has 2 nitrogen and oxygen atoms in total. The van der Waals surface area contributed by atoms with E-state index in [9.17, 15) is 0 Å². The van der Waals surface area contributed by atoms with Gasteiger partial charge in [0.05, 0.1) is 0 Å². The predicted octanol–water partition coefficient (Wildman–Crippen LogP) is 3.65. The van der Waals surface area contributed by atoms with Gasteiger partial charge in [-0.2, -0.15) is 0 Å². The number of nitrogens with zero attached hydrogens (tertiary/aromatic N) is 1. The highest BCUT2D eigenvalue weighted by atomic mass is 32.1. The van der Waals surface area contributed by atoms with Crippen molar-refractivity contribution in [2.24, 2.45) is 11.7 Å². The van der Waals surface area contributed by atoms with E-state index in [1.807, 2.05) is 11.3 Å². The molecule has 3 heteroatoms. The lowest BCUT2D eigenvalue weighted by atomic mass is 9.88. The Hall–Kier alpha value is -0.380. The van der Waals surface area contributed by atoms with E-state index in [0.717, 1.165) is 0 Å². The zero-order chi connectivity index (χ0) is 13.1. The minimum atomic E-state index is 0.439. The maximum absolute atomic E-state index is 6.01. The molecule has 0 bridgehead atoms. The predicted molar refractivity (Wildman–Crippen MR) is 79.9 cm³/mol. The molecule has 0 radical (unpaired) electrons. The van der Waals surface area contributed by atoms with Gasteiger partial charge in [-0.25, -0.2) is 0 Å². The van der Waals surface area contributed by atoms with Crippen LogP contribution in [-0.2, 0) is 0 Å². The van der Waals surface area contributed by atoms with Crippen molar-refractivity contribution in [2.45, 2.75) is 57.7 Å². The Kier molecular flexibility index (Phi) is 4.82. The van der Waals surface area contributed by atoms with Crippen molar-refractivity contribution >= 4 is 11.3 Å². The Bertz CT molecular complexity index is 339. The summed E-state index contributed by atoms with van der Waals surface area (Å²) in [6.45, 7) is 4.66. The lowest BCUT2D eigenvalue weighted by molar-refractivity contribution is 0.106. The van der Waals surface area contributed by atoms with Crippen LogP contribution in [0, 0.1) is 5.92 Å². The molecule has 18 heavy (non-hydrogen) atoms. The van der Waals surface area contributed by atoms with E-state index in [2.05, 4.69) is 43.3 Å². The summed E-state index contributed by atoms with van der Waals surface area (Å²) in [5, 5.41) is 2.19. The van der Waals surface area contributed by atoms with Crippen LogP contribution in [0.15, 0.2) is 17.5 Å². The molecule has 0 spiro atoms. The van der Waals surface area contributed by atoms with Gasteiger partial charge in [-0.3, -0.25) is 4.90 Å². The van der Waals surface area contributed by atoms with Gasteiger partial charge in [0, 0.05) is 23.0 Å². The van der Waals surface area contributed by atoms with Gasteiger partial charge in [0.1, 0.15) is 0 Å². The molecule has 1 aliphatic rings. The van der Waals surface area contributed by atoms with E-state index in [4.69, 9.17) is 5.73 Å². The Labute approximate surface area is 115 Å². The van der Waals surface area contributed by atoms with Crippen LogP contribution in [0.1, 0.15) is 50.4 Å². The number of rotatable bonds is 4. The van der Waals surface area contributed by atoms with Crippen molar-refractivity contribution in [3.8, 4) is 0 Å². The number of thiophene rings is 1. The average Bonchev–Trinajstić information content (AvgIpc) is 2.83. The monoisotopic (exact) mass is 266 g/mol. The molecule has 1 heterocycles. The van der Waals surface area contributed by atoms with Gasteiger partial charge in [0.25, 0.3) is 0 Å². The Morgan fingerprint density at radius 3 is 2.44 bits per heavy atom. The van der Waals surface area contributed by atoms with E-state index < -0.39 is 0 Å². The molecule has 1 aromatic heterocycles. The Morgan fingerprint density at radius 2 is 1.94 bits per heavy atom. The lowest BCUT2D eigenvalue weighted by Gasteiger charge is -2.40. The molecule has 0 amide bonds. The van der Waals surface area contributed by atoms with Gasteiger partial charge in [-0.15, -0.1) is 11.3 Å². The molecular formula is C15H26N2S. The smallest absolute Gasteiger partial charge is 0.0464 e. The molecule has 1 atom stereocenters. The normalized spacial score (nSPS) is 26.8. The maximum atomic E-state index is 6.01. The summed E-state index contributed by atoms with van der Waals surface area (Å²) in [7, 11) is 2.30. The summed E-state index contributed by atoms with van der Waals surface area (Å²) in [4.78, 5) is 4.10. The van der Waals surface area contributed by atoms with Gasteiger partial charge < -0.3 is 5.73 Å². The second-order valence-corrected chi connectivity index (χ2v) is 6.92. The molecule has 0 aromatic carbocycles. The van der Waals surface area contributed by atoms with Crippen LogP contribution in [0.25, 0.3) is 0 Å². The van der Waals surface area contributed by atoms with E-state index >= 15 is 0 Å². The van der Waals surface area contributed by atoms with Crippen molar-refractivity contribution < 1.29 is 0 Å². The molecule has 0 aliphatic heterocycles. The van der Waals surface area contributed by atoms with Crippen molar-refractivity contribution in [3.63, 3.8) is 0 Å². The number of hydrogen-bond donors (Lipinski definition) is 1. The van der Waals surface area contributed by atoms with E-state index in [1.54, 1.807) is 0 Å². The zero-order valence-corrected chi connectivity index (χ0v) is 12.6. The largest absolute Gasteiger partial charge is 0.328 e. The van der Waals surface area contributed by atoms with Crippen LogP contribution in [-0.4, -0.2) is 24.0 Å². The van der Waals surface area contributed by atoms with Gasteiger partial charge in [-0.1, -0.05) is 19.9 Å². The number of nitrogens with two attached hydrogens (primary N) is 1. The maximum Gasteiger partial charge on any atom is 0.0464 e. The summed E-state index contributed by atoms with van der Waals surface area (Å²) in [5.41, 5.74) is 6.01. The van der Waals surface area contributed by atoms with Crippen LogP contribution in [0.2, 0.25) is 0 Å². The minimum Gasteiger partial charge on any atom is -0.328 e. The highest BCUT2D eigenvalue weighted by Gasteiger charge is 2.29. The van der Waals surface area contributed by atoms with E-state index in [1.165, 1.54) is 30.6 Å². The molecule has 1 fully saturated rings. The van der Waals surface area contributed by atoms with Crippen LogP contribution in [0.3, 0.4) is 0 Å². The molecule has 102 valence electrons. The Balaban J connectivity index is 2.07.